The lowest BCUT2D eigenvalue weighted by Gasteiger charge is -2.13. The third kappa shape index (κ3) is 2.54. The average molecular weight is 244 g/mol. The van der Waals surface area contributed by atoms with Gasteiger partial charge in [-0.05, 0) is 24.3 Å². The molecule has 0 atom stereocenters. The van der Waals surface area contributed by atoms with E-state index in [-0.39, 0.29) is 12.3 Å². The van der Waals surface area contributed by atoms with Gasteiger partial charge < -0.3 is 0 Å². The number of halogens is 1. The fourth-order valence-corrected chi connectivity index (χ4v) is 1.14. The Kier molecular flexibility index (Phi) is 3.45. The highest BCUT2D eigenvalue weighted by atomic mass is 79.9. The Hall–Kier alpha value is -0.870. The minimum absolute atomic E-state index is 0.284. The summed E-state index contributed by atoms with van der Waals surface area (Å²) in [6.07, 6.45) is 0.284. The molecule has 0 fully saturated rings. The maximum absolute atomic E-state index is 11.1. The molecule has 70 valence electrons. The number of hydrogen-bond donors (Lipinski definition) is 1. The summed E-state index contributed by atoms with van der Waals surface area (Å²) in [5, 5.41) is 10.0. The zero-order chi connectivity index (χ0) is 9.84. The van der Waals surface area contributed by atoms with Crippen molar-refractivity contribution in [3.05, 3.63) is 28.7 Å². The highest BCUT2D eigenvalue weighted by Gasteiger charge is 2.09. The van der Waals surface area contributed by atoms with Crippen molar-refractivity contribution in [1.29, 1.82) is 0 Å². The second kappa shape index (κ2) is 4.39. The molecule has 4 heteroatoms. The Bertz CT molecular complexity index is 297. The maximum atomic E-state index is 11.1. The molecule has 0 aliphatic rings. The van der Waals surface area contributed by atoms with Gasteiger partial charge in [-0.1, -0.05) is 22.9 Å². The van der Waals surface area contributed by atoms with Gasteiger partial charge in [-0.2, -0.15) is 5.06 Å². The average Bonchev–Trinajstić information content (AvgIpc) is 2.17. The normalized spacial score (nSPS) is 9.77. The van der Waals surface area contributed by atoms with E-state index < -0.39 is 0 Å². The Balaban J connectivity index is 2.83. The van der Waals surface area contributed by atoms with E-state index in [1.165, 1.54) is 0 Å². The number of anilines is 1. The third-order valence-electron chi connectivity index (χ3n) is 1.61. The molecule has 0 unspecified atom stereocenters. The number of nitrogens with zero attached hydrogens (tertiary/aromatic N) is 1. The number of carbonyl (C=O) groups is 1. The van der Waals surface area contributed by atoms with Crippen molar-refractivity contribution in [3.63, 3.8) is 0 Å². The molecule has 1 aromatic carbocycles. The van der Waals surface area contributed by atoms with Crippen LogP contribution >= 0.6 is 15.9 Å². The highest BCUT2D eigenvalue weighted by Crippen LogP contribution is 2.17. The summed E-state index contributed by atoms with van der Waals surface area (Å²) in [5.74, 6) is -0.317. The van der Waals surface area contributed by atoms with Crippen LogP contribution in [0, 0.1) is 0 Å². The van der Waals surface area contributed by atoms with Gasteiger partial charge in [0.2, 0.25) is 5.91 Å². The molecule has 13 heavy (non-hydrogen) atoms. The smallest absolute Gasteiger partial charge is 0.250 e. The first kappa shape index (κ1) is 10.2. The van der Waals surface area contributed by atoms with E-state index in [0.29, 0.717) is 10.8 Å². The van der Waals surface area contributed by atoms with Crippen molar-refractivity contribution >= 4 is 27.5 Å². The van der Waals surface area contributed by atoms with Crippen LogP contribution < -0.4 is 5.06 Å². The first-order chi connectivity index (χ1) is 6.15. The van der Waals surface area contributed by atoms with Gasteiger partial charge in [-0.25, -0.2) is 0 Å². The molecule has 0 aliphatic carbocycles. The molecule has 0 bridgehead atoms. The number of amides is 1. The number of benzene rings is 1. The van der Waals surface area contributed by atoms with Gasteiger partial charge >= 0.3 is 0 Å². The van der Waals surface area contributed by atoms with Gasteiger partial charge in [-0.15, -0.1) is 0 Å². The third-order valence-corrected chi connectivity index (χ3v) is 2.14. The quantitative estimate of drug-likeness (QED) is 0.641. The van der Waals surface area contributed by atoms with Crippen LogP contribution in [0.2, 0.25) is 0 Å². The fraction of sp³-hybridized carbons (Fsp3) is 0.222. The van der Waals surface area contributed by atoms with E-state index in [2.05, 4.69) is 15.9 Å². The van der Waals surface area contributed by atoms with Crippen LogP contribution in [-0.2, 0) is 4.79 Å². The molecule has 0 aromatic heterocycles. The largest absolute Gasteiger partial charge is 0.281 e. The monoisotopic (exact) mass is 243 g/mol. The maximum Gasteiger partial charge on any atom is 0.250 e. The number of carbonyl (C=O) groups excluding carboxylic acids is 1. The number of rotatable bonds is 2. The van der Waals surface area contributed by atoms with Crippen molar-refractivity contribution < 1.29 is 10.0 Å². The van der Waals surface area contributed by atoms with Gasteiger partial charge in [0.15, 0.2) is 0 Å². The summed E-state index contributed by atoms with van der Waals surface area (Å²) in [6, 6.07) is 6.86. The minimum atomic E-state index is -0.317. The molecule has 1 amide bonds. The lowest BCUT2D eigenvalue weighted by atomic mass is 10.3. The molecule has 0 heterocycles. The summed E-state index contributed by atoms with van der Waals surface area (Å²) in [7, 11) is 0. The molecule has 0 spiro atoms. The van der Waals surface area contributed by atoms with Crippen LogP contribution in [0.1, 0.15) is 13.3 Å². The Morgan fingerprint density at radius 1 is 1.46 bits per heavy atom. The van der Waals surface area contributed by atoms with Crippen molar-refractivity contribution in [2.45, 2.75) is 13.3 Å². The van der Waals surface area contributed by atoms with Crippen LogP contribution in [0.25, 0.3) is 0 Å². The molecule has 1 N–H and O–H groups in total. The van der Waals surface area contributed by atoms with Gasteiger partial charge in [0.05, 0.1) is 5.69 Å². The molecule has 0 radical (unpaired) electrons. The molecule has 0 aliphatic heterocycles. The predicted molar refractivity (Wildman–Crippen MR) is 53.7 cm³/mol. The van der Waals surface area contributed by atoms with E-state index >= 15 is 0 Å². The second-order valence-corrected chi connectivity index (χ2v) is 3.45. The summed E-state index contributed by atoms with van der Waals surface area (Å²) in [6.45, 7) is 1.70. The molecule has 3 nitrogen and oxygen atoms in total. The topological polar surface area (TPSA) is 40.5 Å². The van der Waals surface area contributed by atoms with Gasteiger partial charge in [0, 0.05) is 10.9 Å². The molecule has 0 saturated heterocycles. The van der Waals surface area contributed by atoms with Crippen LogP contribution in [0.3, 0.4) is 0 Å². The van der Waals surface area contributed by atoms with Crippen molar-refractivity contribution in [2.75, 3.05) is 5.06 Å². The van der Waals surface area contributed by atoms with E-state index in [1.54, 1.807) is 31.2 Å². The van der Waals surface area contributed by atoms with Crippen molar-refractivity contribution in [1.82, 2.24) is 0 Å². The van der Waals surface area contributed by atoms with Gasteiger partial charge in [-0.3, -0.25) is 10.0 Å². The van der Waals surface area contributed by atoms with Crippen LogP contribution in [0.4, 0.5) is 5.69 Å². The zero-order valence-electron chi connectivity index (χ0n) is 7.20. The Morgan fingerprint density at radius 2 is 2.00 bits per heavy atom. The van der Waals surface area contributed by atoms with Crippen molar-refractivity contribution in [3.8, 4) is 0 Å². The number of hydroxylamine groups is 1. The summed E-state index contributed by atoms with van der Waals surface area (Å²) in [5.41, 5.74) is 0.482. The zero-order valence-corrected chi connectivity index (χ0v) is 8.78. The van der Waals surface area contributed by atoms with E-state index in [9.17, 15) is 10.0 Å². The van der Waals surface area contributed by atoms with E-state index in [4.69, 9.17) is 0 Å². The molecule has 0 saturated carbocycles. The molecule has 1 aromatic rings. The minimum Gasteiger partial charge on any atom is -0.281 e. The Labute approximate surface area is 85.1 Å². The number of hydrogen-bond acceptors (Lipinski definition) is 2. The lowest BCUT2D eigenvalue weighted by molar-refractivity contribution is -0.123. The van der Waals surface area contributed by atoms with Crippen LogP contribution in [0.5, 0.6) is 0 Å². The summed E-state index contributed by atoms with van der Waals surface area (Å²) < 4.78 is 0.911. The first-order valence-corrected chi connectivity index (χ1v) is 4.72. The predicted octanol–water partition coefficient (Wildman–Crippen LogP) is 2.58. The Morgan fingerprint density at radius 3 is 2.46 bits per heavy atom. The summed E-state index contributed by atoms with van der Waals surface area (Å²) in [4.78, 5) is 11.1. The highest BCUT2D eigenvalue weighted by molar-refractivity contribution is 9.10. The second-order valence-electron chi connectivity index (χ2n) is 2.54. The standard InChI is InChI=1S/C9H10BrNO2/c1-2-9(12)11(13)8-5-3-7(10)4-6-8/h3-6,13H,2H2,1H3. The van der Waals surface area contributed by atoms with E-state index in [0.717, 1.165) is 4.47 Å². The molecule has 1 rings (SSSR count). The molecular weight excluding hydrogens is 234 g/mol. The lowest BCUT2D eigenvalue weighted by Crippen LogP contribution is -2.25. The van der Waals surface area contributed by atoms with Crippen molar-refractivity contribution in [2.24, 2.45) is 0 Å². The first-order valence-electron chi connectivity index (χ1n) is 3.92. The SMILES string of the molecule is CCC(=O)N(O)c1ccc(Br)cc1. The van der Waals surface area contributed by atoms with Gasteiger partial charge in [0.1, 0.15) is 0 Å². The van der Waals surface area contributed by atoms with Crippen LogP contribution in [-0.4, -0.2) is 11.1 Å². The van der Waals surface area contributed by atoms with Gasteiger partial charge in [0.25, 0.3) is 0 Å². The fourth-order valence-electron chi connectivity index (χ4n) is 0.876. The molecular formula is C9H10BrNO2. The van der Waals surface area contributed by atoms with E-state index in [1.807, 2.05) is 0 Å². The van der Waals surface area contributed by atoms with Crippen LogP contribution in [0.15, 0.2) is 28.7 Å². The summed E-state index contributed by atoms with van der Waals surface area (Å²) >= 11 is 3.26.